The second kappa shape index (κ2) is 7.21. The number of phenolic OH excluding ortho intramolecular Hbond substituents is 1. The standard InChI is InChI=1S/C11H13BrF3NO2.ClH/c1-18-9-5-6(12)4-7(10(9)17)8(16)2-3-11(13,14)15;/h4-5,8,17H,2-3,16H2,1H3;1H/t8-;/m0./s1. The third-order valence-corrected chi connectivity index (χ3v) is 2.89. The largest absolute Gasteiger partial charge is 0.504 e. The summed E-state index contributed by atoms with van der Waals surface area (Å²) < 4.78 is 41.8. The molecule has 110 valence electrons. The monoisotopic (exact) mass is 363 g/mol. The molecule has 0 aliphatic carbocycles. The van der Waals surface area contributed by atoms with Crippen LogP contribution in [0.2, 0.25) is 0 Å². The zero-order valence-corrected chi connectivity index (χ0v) is 12.4. The molecule has 0 unspecified atom stereocenters. The quantitative estimate of drug-likeness (QED) is 0.851. The minimum absolute atomic E-state index is 0. The van der Waals surface area contributed by atoms with Crippen LogP contribution in [0.25, 0.3) is 0 Å². The van der Waals surface area contributed by atoms with Crippen LogP contribution in [0.3, 0.4) is 0 Å². The Morgan fingerprint density at radius 2 is 2.00 bits per heavy atom. The van der Waals surface area contributed by atoms with Crippen molar-refractivity contribution < 1.29 is 23.0 Å². The lowest BCUT2D eigenvalue weighted by molar-refractivity contribution is -0.136. The van der Waals surface area contributed by atoms with Crippen LogP contribution in [0.1, 0.15) is 24.4 Å². The number of phenols is 1. The molecule has 1 aromatic rings. The Labute approximate surface area is 123 Å². The molecule has 3 N–H and O–H groups in total. The van der Waals surface area contributed by atoms with Crippen molar-refractivity contribution in [3.8, 4) is 11.5 Å². The van der Waals surface area contributed by atoms with Gasteiger partial charge >= 0.3 is 6.18 Å². The predicted molar refractivity (Wildman–Crippen MR) is 71.8 cm³/mol. The summed E-state index contributed by atoms with van der Waals surface area (Å²) >= 11 is 3.18. The molecule has 0 aliphatic heterocycles. The minimum Gasteiger partial charge on any atom is -0.504 e. The number of aromatic hydroxyl groups is 1. The van der Waals surface area contributed by atoms with E-state index in [1.54, 1.807) is 0 Å². The van der Waals surface area contributed by atoms with Crippen molar-refractivity contribution >= 4 is 28.3 Å². The van der Waals surface area contributed by atoms with Crippen molar-refractivity contribution in [1.29, 1.82) is 0 Å². The summed E-state index contributed by atoms with van der Waals surface area (Å²) in [6, 6.07) is 2.09. The molecule has 19 heavy (non-hydrogen) atoms. The van der Waals surface area contributed by atoms with Gasteiger partial charge in [0.1, 0.15) is 0 Å². The summed E-state index contributed by atoms with van der Waals surface area (Å²) in [6.45, 7) is 0. The highest BCUT2D eigenvalue weighted by Crippen LogP contribution is 2.38. The number of benzene rings is 1. The molecule has 0 bridgehead atoms. The van der Waals surface area contributed by atoms with Crippen LogP contribution in [0, 0.1) is 0 Å². The van der Waals surface area contributed by atoms with Crippen molar-refractivity contribution in [3.05, 3.63) is 22.2 Å². The molecule has 1 rings (SSSR count). The van der Waals surface area contributed by atoms with Gasteiger partial charge in [-0.25, -0.2) is 0 Å². The second-order valence-corrected chi connectivity index (χ2v) is 4.72. The summed E-state index contributed by atoms with van der Waals surface area (Å²) in [7, 11) is 1.35. The molecule has 0 aromatic heterocycles. The van der Waals surface area contributed by atoms with Gasteiger partial charge in [0.2, 0.25) is 0 Å². The number of rotatable bonds is 4. The molecule has 0 fully saturated rings. The second-order valence-electron chi connectivity index (χ2n) is 3.81. The first-order chi connectivity index (χ1) is 8.24. The van der Waals surface area contributed by atoms with Crippen molar-refractivity contribution in [3.63, 3.8) is 0 Å². The van der Waals surface area contributed by atoms with Gasteiger partial charge in [0.15, 0.2) is 11.5 Å². The fraction of sp³-hybridized carbons (Fsp3) is 0.455. The number of ether oxygens (including phenoxy) is 1. The van der Waals surface area contributed by atoms with Crippen LogP contribution in [0.4, 0.5) is 13.2 Å². The van der Waals surface area contributed by atoms with Crippen LogP contribution in [0.5, 0.6) is 11.5 Å². The maximum atomic E-state index is 12.1. The van der Waals surface area contributed by atoms with Crippen molar-refractivity contribution in [2.75, 3.05) is 7.11 Å². The predicted octanol–water partition coefficient (Wildman–Crippen LogP) is 3.93. The summed E-state index contributed by atoms with van der Waals surface area (Å²) in [5, 5.41) is 9.81. The van der Waals surface area contributed by atoms with Crippen LogP contribution < -0.4 is 10.5 Å². The average Bonchev–Trinajstić information content (AvgIpc) is 2.27. The number of methoxy groups -OCH3 is 1. The van der Waals surface area contributed by atoms with Crippen LogP contribution in [-0.4, -0.2) is 18.4 Å². The summed E-state index contributed by atoms with van der Waals surface area (Å²) in [6.07, 6.45) is -5.55. The third kappa shape index (κ3) is 5.46. The summed E-state index contributed by atoms with van der Waals surface area (Å²) in [4.78, 5) is 0. The molecule has 0 aliphatic rings. The lowest BCUT2D eigenvalue weighted by Crippen LogP contribution is -2.16. The highest BCUT2D eigenvalue weighted by Gasteiger charge is 2.28. The van der Waals surface area contributed by atoms with Gasteiger partial charge in [-0.3, -0.25) is 0 Å². The minimum atomic E-state index is -4.26. The van der Waals surface area contributed by atoms with Crippen LogP contribution in [-0.2, 0) is 0 Å². The summed E-state index contributed by atoms with van der Waals surface area (Å²) in [5.41, 5.74) is 5.89. The molecule has 0 spiro atoms. The van der Waals surface area contributed by atoms with Crippen molar-refractivity contribution in [1.82, 2.24) is 0 Å². The molecular weight excluding hydrogens is 350 g/mol. The van der Waals surface area contributed by atoms with Gasteiger partial charge in [0.05, 0.1) is 7.11 Å². The van der Waals surface area contributed by atoms with E-state index in [1.807, 2.05) is 0 Å². The van der Waals surface area contributed by atoms with Gasteiger partial charge in [-0.05, 0) is 18.6 Å². The molecule has 3 nitrogen and oxygen atoms in total. The number of halogens is 5. The van der Waals surface area contributed by atoms with Gasteiger partial charge < -0.3 is 15.6 Å². The van der Waals surface area contributed by atoms with E-state index in [0.29, 0.717) is 4.47 Å². The first-order valence-electron chi connectivity index (χ1n) is 5.13. The molecule has 0 radical (unpaired) electrons. The maximum absolute atomic E-state index is 12.1. The summed E-state index contributed by atoms with van der Waals surface area (Å²) in [5.74, 6) is -0.0581. The Hall–Kier alpha value is -0.660. The Morgan fingerprint density at radius 1 is 1.42 bits per heavy atom. The normalized spacial score (nSPS) is 12.7. The Morgan fingerprint density at radius 3 is 2.47 bits per heavy atom. The van der Waals surface area contributed by atoms with E-state index < -0.39 is 18.6 Å². The van der Waals surface area contributed by atoms with E-state index in [-0.39, 0.29) is 35.9 Å². The SMILES string of the molecule is COc1cc(Br)cc([C@@H](N)CCC(F)(F)F)c1O.Cl. The van der Waals surface area contributed by atoms with Gasteiger partial charge in [-0.1, -0.05) is 15.9 Å². The Bertz CT molecular complexity index is 429. The van der Waals surface area contributed by atoms with E-state index in [9.17, 15) is 18.3 Å². The molecule has 0 amide bonds. The lowest BCUT2D eigenvalue weighted by Gasteiger charge is -2.17. The zero-order valence-electron chi connectivity index (χ0n) is 10.00. The first-order valence-corrected chi connectivity index (χ1v) is 5.92. The first kappa shape index (κ1) is 18.3. The van der Waals surface area contributed by atoms with Gasteiger partial charge in [0.25, 0.3) is 0 Å². The van der Waals surface area contributed by atoms with Gasteiger partial charge in [-0.2, -0.15) is 13.2 Å². The average molecular weight is 365 g/mol. The van der Waals surface area contributed by atoms with Gasteiger partial charge in [-0.15, -0.1) is 12.4 Å². The zero-order chi connectivity index (χ0) is 13.9. The molecule has 8 heteroatoms. The highest BCUT2D eigenvalue weighted by atomic mass is 79.9. The third-order valence-electron chi connectivity index (χ3n) is 2.43. The van der Waals surface area contributed by atoms with Crippen molar-refractivity contribution in [2.24, 2.45) is 5.73 Å². The van der Waals surface area contributed by atoms with E-state index in [2.05, 4.69) is 15.9 Å². The number of nitrogens with two attached hydrogens (primary N) is 1. The highest BCUT2D eigenvalue weighted by molar-refractivity contribution is 9.10. The smallest absolute Gasteiger partial charge is 0.389 e. The number of alkyl halides is 3. The molecule has 1 aromatic carbocycles. The molecule has 0 saturated heterocycles. The lowest BCUT2D eigenvalue weighted by atomic mass is 10.0. The molecular formula is C11H14BrClF3NO2. The van der Waals surface area contributed by atoms with E-state index in [0.717, 1.165) is 0 Å². The van der Waals surface area contributed by atoms with E-state index in [1.165, 1.54) is 19.2 Å². The molecule has 0 saturated carbocycles. The van der Waals surface area contributed by atoms with E-state index >= 15 is 0 Å². The molecule has 1 atom stereocenters. The topological polar surface area (TPSA) is 55.5 Å². The number of hydrogen-bond acceptors (Lipinski definition) is 3. The Balaban J connectivity index is 0.00000324. The fourth-order valence-electron chi connectivity index (χ4n) is 1.51. The number of hydrogen-bond donors (Lipinski definition) is 2. The Kier molecular flexibility index (Phi) is 6.96. The van der Waals surface area contributed by atoms with E-state index in [4.69, 9.17) is 10.5 Å². The van der Waals surface area contributed by atoms with Gasteiger partial charge in [0, 0.05) is 22.5 Å². The van der Waals surface area contributed by atoms with Crippen LogP contribution >= 0.6 is 28.3 Å². The maximum Gasteiger partial charge on any atom is 0.389 e. The van der Waals surface area contributed by atoms with Crippen LogP contribution in [0.15, 0.2) is 16.6 Å². The molecule has 0 heterocycles. The van der Waals surface area contributed by atoms with Crippen molar-refractivity contribution in [2.45, 2.75) is 25.1 Å². The fourth-order valence-corrected chi connectivity index (χ4v) is 1.96.